The van der Waals surface area contributed by atoms with E-state index in [1.807, 2.05) is 48.5 Å². The van der Waals surface area contributed by atoms with E-state index in [0.29, 0.717) is 24.3 Å². The summed E-state index contributed by atoms with van der Waals surface area (Å²) in [6.45, 7) is 0.413. The number of halogens is 1. The Balaban J connectivity index is 1.39. The molecule has 0 aromatic heterocycles. The molecule has 1 N–H and O–H groups in total. The van der Waals surface area contributed by atoms with Gasteiger partial charge in [0.2, 0.25) is 18.6 Å². The van der Waals surface area contributed by atoms with Gasteiger partial charge in [0.05, 0.1) is 0 Å². The molecule has 1 atom stereocenters. The Hall–Kier alpha value is -3.87. The number of hydrogen-bond acceptors (Lipinski definition) is 4. The molecular weight excluding hydrogens is 495 g/mol. The van der Waals surface area contributed by atoms with E-state index in [9.17, 15) is 14.0 Å². The molecule has 0 bridgehead atoms. The lowest BCUT2D eigenvalue weighted by molar-refractivity contribution is -0.141. The highest BCUT2D eigenvalue weighted by atomic mass is 19.1. The van der Waals surface area contributed by atoms with Gasteiger partial charge in [0, 0.05) is 25.4 Å². The highest BCUT2D eigenvalue weighted by Crippen LogP contribution is 2.33. The number of carbonyl (C=O) groups excluding carboxylic acids is 2. The molecule has 2 aliphatic rings. The zero-order valence-corrected chi connectivity index (χ0v) is 22.1. The molecule has 3 aromatic rings. The van der Waals surface area contributed by atoms with E-state index >= 15 is 0 Å². The Kier molecular flexibility index (Phi) is 8.76. The molecule has 1 fully saturated rings. The fourth-order valence-corrected chi connectivity index (χ4v) is 5.38. The molecule has 1 aliphatic heterocycles. The van der Waals surface area contributed by atoms with Crippen LogP contribution in [0.3, 0.4) is 0 Å². The SMILES string of the molecule is O=C(NC1CCCCC1)[C@@H](Cc1ccccc1)N(Cc1ccc(F)cc1)C(=O)CCc1ccc2c(c1)OCO2. The molecule has 39 heavy (non-hydrogen) atoms. The van der Waals surface area contributed by atoms with Gasteiger partial charge in [0.15, 0.2) is 11.5 Å². The molecule has 0 spiro atoms. The summed E-state index contributed by atoms with van der Waals surface area (Å²) in [5.74, 6) is 0.776. The van der Waals surface area contributed by atoms with Gasteiger partial charge >= 0.3 is 0 Å². The van der Waals surface area contributed by atoms with Crippen molar-refractivity contribution in [1.29, 1.82) is 0 Å². The molecule has 5 rings (SSSR count). The monoisotopic (exact) mass is 530 g/mol. The number of nitrogens with one attached hydrogen (secondary N) is 1. The first-order chi connectivity index (χ1) is 19.0. The number of aryl methyl sites for hydroxylation is 1. The first-order valence-corrected chi connectivity index (χ1v) is 13.8. The predicted octanol–water partition coefficient (Wildman–Crippen LogP) is 5.58. The summed E-state index contributed by atoms with van der Waals surface area (Å²) in [5.41, 5.74) is 2.71. The number of fused-ring (bicyclic) bond motifs is 1. The van der Waals surface area contributed by atoms with Crippen LogP contribution in [0.25, 0.3) is 0 Å². The number of benzene rings is 3. The lowest BCUT2D eigenvalue weighted by Crippen LogP contribution is -2.52. The third-order valence-electron chi connectivity index (χ3n) is 7.55. The standard InChI is InChI=1S/C32H35FN2O4/c33-26-15-11-25(12-16-26)21-35(31(36)18-14-24-13-17-29-30(20-24)39-22-38-29)28(19-23-7-3-1-4-8-23)32(37)34-27-9-5-2-6-10-27/h1,3-4,7-8,11-13,15-17,20,27-28H,2,5-6,9-10,14,18-19,21-22H2,(H,34,37)/t28-/m1/s1. The minimum atomic E-state index is -0.691. The third kappa shape index (κ3) is 7.16. The molecule has 7 heteroatoms. The van der Waals surface area contributed by atoms with Gasteiger partial charge in [0.25, 0.3) is 0 Å². The lowest BCUT2D eigenvalue weighted by Gasteiger charge is -2.33. The minimum Gasteiger partial charge on any atom is -0.454 e. The van der Waals surface area contributed by atoms with Crippen LogP contribution in [0.5, 0.6) is 11.5 Å². The molecule has 204 valence electrons. The second-order valence-electron chi connectivity index (χ2n) is 10.4. The van der Waals surface area contributed by atoms with Crippen molar-refractivity contribution in [2.45, 2.75) is 70.0 Å². The maximum atomic E-state index is 13.9. The Morgan fingerprint density at radius 1 is 0.872 bits per heavy atom. The fraction of sp³-hybridized carbons (Fsp3) is 0.375. The van der Waals surface area contributed by atoms with E-state index < -0.39 is 6.04 Å². The quantitative estimate of drug-likeness (QED) is 0.372. The van der Waals surface area contributed by atoms with Crippen molar-refractivity contribution >= 4 is 11.8 Å². The van der Waals surface area contributed by atoms with Gasteiger partial charge in [0.1, 0.15) is 11.9 Å². The zero-order valence-electron chi connectivity index (χ0n) is 22.1. The molecule has 2 amide bonds. The first-order valence-electron chi connectivity index (χ1n) is 13.8. The summed E-state index contributed by atoms with van der Waals surface area (Å²) in [5, 5.41) is 3.25. The number of rotatable bonds is 10. The molecular formula is C32H35FN2O4. The van der Waals surface area contributed by atoms with Crippen molar-refractivity contribution in [3.8, 4) is 11.5 Å². The maximum Gasteiger partial charge on any atom is 0.243 e. The Bertz CT molecular complexity index is 1260. The van der Waals surface area contributed by atoms with Gasteiger partial charge < -0.3 is 19.7 Å². The Labute approximate surface area is 229 Å². The van der Waals surface area contributed by atoms with Crippen LogP contribution in [0.1, 0.15) is 55.2 Å². The molecule has 1 saturated carbocycles. The van der Waals surface area contributed by atoms with Crippen LogP contribution in [-0.2, 0) is 29.0 Å². The maximum absolute atomic E-state index is 13.9. The number of nitrogens with zero attached hydrogens (tertiary/aromatic N) is 1. The molecule has 1 heterocycles. The summed E-state index contributed by atoms with van der Waals surface area (Å²) in [4.78, 5) is 29.4. The van der Waals surface area contributed by atoms with Crippen molar-refractivity contribution in [3.63, 3.8) is 0 Å². The average molecular weight is 531 g/mol. The van der Waals surface area contributed by atoms with E-state index in [-0.39, 0.29) is 43.4 Å². The second-order valence-corrected chi connectivity index (χ2v) is 10.4. The van der Waals surface area contributed by atoms with Crippen molar-refractivity contribution < 1.29 is 23.5 Å². The molecule has 1 aliphatic carbocycles. The van der Waals surface area contributed by atoms with Crippen LogP contribution in [0.15, 0.2) is 72.8 Å². The third-order valence-corrected chi connectivity index (χ3v) is 7.55. The van der Waals surface area contributed by atoms with E-state index in [2.05, 4.69) is 5.32 Å². The summed E-state index contributed by atoms with van der Waals surface area (Å²) in [6.07, 6.45) is 6.43. The van der Waals surface area contributed by atoms with Crippen molar-refractivity contribution in [3.05, 3.63) is 95.3 Å². The van der Waals surface area contributed by atoms with Gasteiger partial charge in [-0.1, -0.05) is 67.8 Å². The van der Waals surface area contributed by atoms with Gasteiger partial charge in [-0.05, 0) is 60.2 Å². The van der Waals surface area contributed by atoms with E-state index in [1.54, 1.807) is 17.0 Å². The first kappa shape index (κ1) is 26.7. The summed E-state index contributed by atoms with van der Waals surface area (Å²) in [7, 11) is 0. The minimum absolute atomic E-state index is 0.126. The normalized spacial score (nSPS) is 15.5. The van der Waals surface area contributed by atoms with Crippen LogP contribution < -0.4 is 14.8 Å². The summed E-state index contributed by atoms with van der Waals surface area (Å²) < 4.78 is 24.5. The number of amides is 2. The van der Waals surface area contributed by atoms with Gasteiger partial charge in [-0.3, -0.25) is 9.59 Å². The van der Waals surface area contributed by atoms with Gasteiger partial charge in [-0.15, -0.1) is 0 Å². The zero-order chi connectivity index (χ0) is 27.0. The second kappa shape index (κ2) is 12.8. The molecule has 0 saturated heterocycles. The fourth-order valence-electron chi connectivity index (χ4n) is 5.38. The predicted molar refractivity (Wildman–Crippen MR) is 147 cm³/mol. The average Bonchev–Trinajstić information content (AvgIpc) is 3.44. The molecule has 0 unspecified atom stereocenters. The summed E-state index contributed by atoms with van der Waals surface area (Å²) >= 11 is 0. The number of carbonyl (C=O) groups is 2. The molecule has 3 aromatic carbocycles. The van der Waals surface area contributed by atoms with Crippen molar-refractivity contribution in [2.24, 2.45) is 0 Å². The van der Waals surface area contributed by atoms with Crippen LogP contribution >= 0.6 is 0 Å². The van der Waals surface area contributed by atoms with Crippen LogP contribution in [-0.4, -0.2) is 35.6 Å². The Morgan fingerprint density at radius 2 is 1.59 bits per heavy atom. The van der Waals surface area contributed by atoms with Crippen LogP contribution in [0, 0.1) is 5.82 Å². The van der Waals surface area contributed by atoms with Gasteiger partial charge in [-0.2, -0.15) is 0 Å². The van der Waals surface area contributed by atoms with E-state index in [0.717, 1.165) is 42.4 Å². The molecule has 0 radical (unpaired) electrons. The number of ether oxygens (including phenoxy) is 2. The lowest BCUT2D eigenvalue weighted by atomic mass is 9.94. The molecule has 6 nitrogen and oxygen atoms in total. The topological polar surface area (TPSA) is 67.9 Å². The Morgan fingerprint density at radius 3 is 2.36 bits per heavy atom. The van der Waals surface area contributed by atoms with Crippen molar-refractivity contribution in [1.82, 2.24) is 10.2 Å². The smallest absolute Gasteiger partial charge is 0.243 e. The number of hydrogen-bond donors (Lipinski definition) is 1. The highest BCUT2D eigenvalue weighted by molar-refractivity contribution is 5.88. The van der Waals surface area contributed by atoms with E-state index in [1.165, 1.54) is 18.6 Å². The van der Waals surface area contributed by atoms with Gasteiger partial charge in [-0.25, -0.2) is 4.39 Å². The highest BCUT2D eigenvalue weighted by Gasteiger charge is 2.32. The van der Waals surface area contributed by atoms with Crippen molar-refractivity contribution in [2.75, 3.05) is 6.79 Å². The van der Waals surface area contributed by atoms with E-state index in [4.69, 9.17) is 9.47 Å². The van der Waals surface area contributed by atoms with Crippen LogP contribution in [0.2, 0.25) is 0 Å². The van der Waals surface area contributed by atoms with Crippen LogP contribution in [0.4, 0.5) is 4.39 Å². The largest absolute Gasteiger partial charge is 0.454 e. The summed E-state index contributed by atoms with van der Waals surface area (Å²) in [6, 6.07) is 21.0.